The Balaban J connectivity index is 1.58. The molecule has 0 bridgehead atoms. The predicted octanol–water partition coefficient (Wildman–Crippen LogP) is 4.49. The summed E-state index contributed by atoms with van der Waals surface area (Å²) in [6.45, 7) is 11.7. The average Bonchev–Trinajstić information content (AvgIpc) is 2.72. The molecule has 162 valence electrons. The zero-order chi connectivity index (χ0) is 22.1. The Kier molecular flexibility index (Phi) is 5.96. The monoisotopic (exact) mass is 417 g/mol. The molecule has 0 aliphatic carbocycles. The number of carbonyl (C=O) groups is 1. The van der Waals surface area contributed by atoms with Crippen LogP contribution in [0.25, 0.3) is 22.0 Å². The smallest absolute Gasteiger partial charge is 0.263 e. The highest BCUT2D eigenvalue weighted by atomic mass is 16.5. The number of amides is 1. The second-order valence-electron chi connectivity index (χ2n) is 8.78. The van der Waals surface area contributed by atoms with Crippen LogP contribution in [0.3, 0.4) is 0 Å². The van der Waals surface area contributed by atoms with E-state index >= 15 is 0 Å². The van der Waals surface area contributed by atoms with E-state index in [0.717, 1.165) is 10.9 Å². The first-order valence-corrected chi connectivity index (χ1v) is 11.0. The van der Waals surface area contributed by atoms with Crippen LogP contribution in [0.15, 0.2) is 48.7 Å². The molecular weight excluding hydrogens is 386 g/mol. The Morgan fingerprint density at radius 2 is 1.77 bits per heavy atom. The van der Waals surface area contributed by atoms with Crippen LogP contribution in [0, 0.1) is 13.8 Å². The molecule has 1 fully saturated rings. The Morgan fingerprint density at radius 3 is 2.45 bits per heavy atom. The molecule has 2 heterocycles. The van der Waals surface area contributed by atoms with Crippen LogP contribution >= 0.6 is 0 Å². The number of aryl methyl sites for hydroxylation is 2. The lowest BCUT2D eigenvalue weighted by molar-refractivity contribution is -0.139. The van der Waals surface area contributed by atoms with Crippen LogP contribution in [0.2, 0.25) is 0 Å². The third kappa shape index (κ3) is 4.42. The second kappa shape index (κ2) is 8.67. The van der Waals surface area contributed by atoms with Crippen LogP contribution in [0.1, 0.15) is 31.9 Å². The third-order valence-electron chi connectivity index (χ3n) is 5.99. The summed E-state index contributed by atoms with van der Waals surface area (Å²) in [6, 6.07) is 14.9. The van der Waals surface area contributed by atoms with E-state index in [1.165, 1.54) is 22.3 Å². The van der Waals surface area contributed by atoms with Crippen LogP contribution < -0.4 is 10.1 Å². The lowest BCUT2D eigenvalue weighted by atomic mass is 9.93. The zero-order valence-electron chi connectivity index (χ0n) is 19.0. The van der Waals surface area contributed by atoms with Crippen molar-refractivity contribution in [1.82, 2.24) is 15.2 Å². The first kappa shape index (κ1) is 21.3. The van der Waals surface area contributed by atoms with E-state index in [1.807, 2.05) is 36.2 Å². The standard InChI is InChI=1S/C26H31N3O2/c1-16-7-6-8-17(2)25(16)23-11-12-27-24-13-21(9-10-22(23)24)31-20(5)26(30)29-14-18(3)28-19(4)15-29/h6-13,18-20,28H,14-15H2,1-5H3. The first-order chi connectivity index (χ1) is 14.8. The molecule has 3 unspecified atom stereocenters. The molecule has 1 aliphatic rings. The number of hydrogen-bond acceptors (Lipinski definition) is 4. The number of aromatic nitrogens is 1. The van der Waals surface area contributed by atoms with E-state index in [4.69, 9.17) is 4.74 Å². The Morgan fingerprint density at radius 1 is 1.10 bits per heavy atom. The van der Waals surface area contributed by atoms with Gasteiger partial charge in [-0.3, -0.25) is 9.78 Å². The molecule has 3 aromatic rings. The molecule has 1 N–H and O–H groups in total. The van der Waals surface area contributed by atoms with Crippen molar-refractivity contribution in [3.63, 3.8) is 0 Å². The van der Waals surface area contributed by atoms with Gasteiger partial charge in [0.15, 0.2) is 6.10 Å². The van der Waals surface area contributed by atoms with Gasteiger partial charge in [-0.1, -0.05) is 18.2 Å². The van der Waals surface area contributed by atoms with Gasteiger partial charge in [0, 0.05) is 42.8 Å². The maximum atomic E-state index is 12.9. The number of nitrogens with zero attached hydrogens (tertiary/aromatic N) is 2. The minimum atomic E-state index is -0.545. The van der Waals surface area contributed by atoms with E-state index in [0.29, 0.717) is 18.8 Å². The number of hydrogen-bond donors (Lipinski definition) is 1. The maximum Gasteiger partial charge on any atom is 0.263 e. The number of piperazine rings is 1. The largest absolute Gasteiger partial charge is 0.481 e. The molecule has 5 heteroatoms. The van der Waals surface area contributed by atoms with Crippen molar-refractivity contribution in [2.24, 2.45) is 0 Å². The first-order valence-electron chi connectivity index (χ1n) is 11.0. The van der Waals surface area contributed by atoms with Crippen molar-refractivity contribution in [2.75, 3.05) is 13.1 Å². The van der Waals surface area contributed by atoms with E-state index in [1.54, 1.807) is 0 Å². The van der Waals surface area contributed by atoms with Gasteiger partial charge >= 0.3 is 0 Å². The SMILES string of the molecule is Cc1cccc(C)c1-c1ccnc2cc(OC(C)C(=O)N3CC(C)NC(C)C3)ccc12. The fraction of sp³-hybridized carbons (Fsp3) is 0.385. The summed E-state index contributed by atoms with van der Waals surface area (Å²) in [7, 11) is 0. The van der Waals surface area contributed by atoms with E-state index in [-0.39, 0.29) is 18.0 Å². The second-order valence-corrected chi connectivity index (χ2v) is 8.78. The number of rotatable bonds is 4. The van der Waals surface area contributed by atoms with E-state index in [2.05, 4.69) is 62.3 Å². The fourth-order valence-corrected chi connectivity index (χ4v) is 4.68. The summed E-state index contributed by atoms with van der Waals surface area (Å²) in [6.07, 6.45) is 1.29. The van der Waals surface area contributed by atoms with Crippen molar-refractivity contribution in [3.05, 3.63) is 59.8 Å². The lowest BCUT2D eigenvalue weighted by Gasteiger charge is -2.37. The zero-order valence-corrected chi connectivity index (χ0v) is 19.0. The van der Waals surface area contributed by atoms with Crippen LogP contribution in [0.4, 0.5) is 0 Å². The highest BCUT2D eigenvalue weighted by molar-refractivity contribution is 5.96. The molecular formula is C26H31N3O2. The van der Waals surface area contributed by atoms with Gasteiger partial charge in [-0.05, 0) is 75.1 Å². The lowest BCUT2D eigenvalue weighted by Crippen LogP contribution is -2.57. The number of benzene rings is 2. The summed E-state index contributed by atoms with van der Waals surface area (Å²) in [5, 5.41) is 4.54. The van der Waals surface area contributed by atoms with Gasteiger partial charge in [0.25, 0.3) is 5.91 Å². The molecule has 2 aromatic carbocycles. The van der Waals surface area contributed by atoms with Crippen molar-refractivity contribution in [2.45, 2.75) is 52.8 Å². The Labute approximate surface area is 184 Å². The molecule has 0 spiro atoms. The number of pyridine rings is 1. The third-order valence-corrected chi connectivity index (χ3v) is 5.99. The quantitative estimate of drug-likeness (QED) is 0.679. The molecule has 1 saturated heterocycles. The number of carbonyl (C=O) groups excluding carboxylic acids is 1. The maximum absolute atomic E-state index is 12.9. The van der Waals surface area contributed by atoms with Crippen molar-refractivity contribution < 1.29 is 9.53 Å². The Bertz CT molecular complexity index is 1080. The highest BCUT2D eigenvalue weighted by Crippen LogP contribution is 2.33. The molecule has 1 aromatic heterocycles. The molecule has 3 atom stereocenters. The molecule has 0 radical (unpaired) electrons. The fourth-order valence-electron chi connectivity index (χ4n) is 4.68. The molecule has 1 aliphatic heterocycles. The molecule has 4 rings (SSSR count). The predicted molar refractivity (Wildman–Crippen MR) is 125 cm³/mol. The van der Waals surface area contributed by atoms with Crippen LogP contribution in [-0.4, -0.2) is 47.1 Å². The molecule has 1 amide bonds. The Hall–Kier alpha value is -2.92. The van der Waals surface area contributed by atoms with Gasteiger partial charge in [-0.25, -0.2) is 0 Å². The summed E-state index contributed by atoms with van der Waals surface area (Å²) in [5.41, 5.74) is 5.76. The number of fused-ring (bicyclic) bond motifs is 1. The normalized spacial score (nSPS) is 20.0. The number of nitrogens with one attached hydrogen (secondary N) is 1. The van der Waals surface area contributed by atoms with Crippen molar-refractivity contribution in [3.8, 4) is 16.9 Å². The summed E-state index contributed by atoms with van der Waals surface area (Å²) < 4.78 is 6.05. The highest BCUT2D eigenvalue weighted by Gasteiger charge is 2.28. The van der Waals surface area contributed by atoms with Crippen molar-refractivity contribution in [1.29, 1.82) is 0 Å². The van der Waals surface area contributed by atoms with Gasteiger partial charge < -0.3 is 15.0 Å². The van der Waals surface area contributed by atoms with Crippen molar-refractivity contribution >= 4 is 16.8 Å². The average molecular weight is 418 g/mol. The van der Waals surface area contributed by atoms with Crippen LogP contribution in [-0.2, 0) is 4.79 Å². The van der Waals surface area contributed by atoms with E-state index < -0.39 is 6.10 Å². The van der Waals surface area contributed by atoms with Gasteiger partial charge in [0.2, 0.25) is 0 Å². The number of ether oxygens (including phenoxy) is 1. The van der Waals surface area contributed by atoms with Gasteiger partial charge in [0.05, 0.1) is 5.52 Å². The van der Waals surface area contributed by atoms with Gasteiger partial charge in [-0.15, -0.1) is 0 Å². The minimum Gasteiger partial charge on any atom is -0.481 e. The van der Waals surface area contributed by atoms with E-state index in [9.17, 15) is 4.79 Å². The summed E-state index contributed by atoms with van der Waals surface area (Å²) >= 11 is 0. The molecule has 5 nitrogen and oxygen atoms in total. The van der Waals surface area contributed by atoms with Gasteiger partial charge in [0.1, 0.15) is 5.75 Å². The van der Waals surface area contributed by atoms with Crippen LogP contribution in [0.5, 0.6) is 5.75 Å². The summed E-state index contributed by atoms with van der Waals surface area (Å²) in [4.78, 5) is 19.4. The molecule has 0 saturated carbocycles. The minimum absolute atomic E-state index is 0.0255. The van der Waals surface area contributed by atoms with Gasteiger partial charge in [-0.2, -0.15) is 0 Å². The molecule has 31 heavy (non-hydrogen) atoms. The topological polar surface area (TPSA) is 54.5 Å². The summed E-state index contributed by atoms with van der Waals surface area (Å²) in [5.74, 6) is 0.688.